The zero-order chi connectivity index (χ0) is 14.2. The van der Waals surface area contributed by atoms with Crippen molar-refractivity contribution < 1.29 is 14.7 Å². The Balaban J connectivity index is 2.15. The molecule has 1 atom stereocenters. The first-order valence-corrected chi connectivity index (χ1v) is 6.52. The topological polar surface area (TPSA) is 57.6 Å². The van der Waals surface area contributed by atoms with Crippen LogP contribution in [-0.4, -0.2) is 28.9 Å². The minimum absolute atomic E-state index is 0.179. The van der Waals surface area contributed by atoms with Crippen molar-refractivity contribution in [3.05, 3.63) is 34.9 Å². The molecule has 1 N–H and O–H groups in total. The molecule has 0 spiro atoms. The van der Waals surface area contributed by atoms with Crippen LogP contribution in [0.1, 0.15) is 31.4 Å². The number of aliphatic carboxylic acids is 1. The lowest BCUT2D eigenvalue weighted by molar-refractivity contribution is -0.153. The molecule has 0 radical (unpaired) electrons. The predicted octanol–water partition coefficient (Wildman–Crippen LogP) is 2.72. The van der Waals surface area contributed by atoms with Crippen molar-refractivity contribution in [1.29, 1.82) is 0 Å². The summed E-state index contributed by atoms with van der Waals surface area (Å²) in [7, 11) is 1.64. The molecule has 0 aliphatic heterocycles. The SMILES string of the molecule is CC(c1ccc(Cl)cc1)N(C)C(=O)C1(C(=O)O)CC1. The molecule has 1 aliphatic carbocycles. The van der Waals surface area contributed by atoms with Crippen LogP contribution < -0.4 is 0 Å². The normalized spacial score (nSPS) is 17.6. The van der Waals surface area contributed by atoms with Crippen LogP contribution in [0.25, 0.3) is 0 Å². The van der Waals surface area contributed by atoms with Crippen molar-refractivity contribution in [3.8, 4) is 0 Å². The van der Waals surface area contributed by atoms with Crippen molar-refractivity contribution in [1.82, 2.24) is 4.90 Å². The molecule has 1 aliphatic rings. The minimum Gasteiger partial charge on any atom is -0.480 e. The summed E-state index contributed by atoms with van der Waals surface area (Å²) in [4.78, 5) is 24.9. The van der Waals surface area contributed by atoms with E-state index >= 15 is 0 Å². The molecule has 5 heteroatoms. The fourth-order valence-electron chi connectivity index (χ4n) is 2.12. The molecule has 19 heavy (non-hydrogen) atoms. The second-order valence-electron chi connectivity index (χ2n) is 5.03. The number of amides is 1. The minimum atomic E-state index is -1.19. The Bertz CT molecular complexity index is 508. The molecule has 2 rings (SSSR count). The van der Waals surface area contributed by atoms with E-state index in [-0.39, 0.29) is 11.9 Å². The lowest BCUT2D eigenvalue weighted by Gasteiger charge is -2.28. The molecule has 0 bridgehead atoms. The van der Waals surface area contributed by atoms with E-state index in [0.717, 1.165) is 5.56 Å². The number of carbonyl (C=O) groups is 2. The number of hydrogen-bond donors (Lipinski definition) is 1. The van der Waals surface area contributed by atoms with Gasteiger partial charge >= 0.3 is 5.97 Å². The van der Waals surface area contributed by atoms with Crippen molar-refractivity contribution in [2.45, 2.75) is 25.8 Å². The van der Waals surface area contributed by atoms with Gasteiger partial charge in [0.15, 0.2) is 0 Å². The van der Waals surface area contributed by atoms with Crippen LogP contribution in [0.15, 0.2) is 24.3 Å². The first kappa shape index (κ1) is 13.9. The Morgan fingerprint density at radius 3 is 2.26 bits per heavy atom. The van der Waals surface area contributed by atoms with E-state index in [4.69, 9.17) is 16.7 Å². The van der Waals surface area contributed by atoms with Gasteiger partial charge in [0, 0.05) is 12.1 Å². The summed E-state index contributed by atoms with van der Waals surface area (Å²) in [5.74, 6) is -1.34. The van der Waals surface area contributed by atoms with Crippen LogP contribution in [0.3, 0.4) is 0 Å². The number of benzene rings is 1. The highest BCUT2D eigenvalue weighted by molar-refractivity contribution is 6.30. The highest BCUT2D eigenvalue weighted by atomic mass is 35.5. The monoisotopic (exact) mass is 281 g/mol. The second kappa shape index (κ2) is 4.85. The number of carboxylic acid groups (broad SMARTS) is 1. The van der Waals surface area contributed by atoms with E-state index in [9.17, 15) is 9.59 Å². The molecule has 1 saturated carbocycles. The Hall–Kier alpha value is -1.55. The second-order valence-corrected chi connectivity index (χ2v) is 5.47. The Kier molecular flexibility index (Phi) is 3.54. The van der Waals surface area contributed by atoms with Gasteiger partial charge in [0.1, 0.15) is 5.41 Å². The van der Waals surface area contributed by atoms with E-state index < -0.39 is 11.4 Å². The number of carbonyl (C=O) groups excluding carboxylic acids is 1. The van der Waals surface area contributed by atoms with Gasteiger partial charge in [0.05, 0.1) is 6.04 Å². The molecular formula is C14H16ClNO3. The summed E-state index contributed by atoms with van der Waals surface area (Å²) < 4.78 is 0. The molecule has 0 aromatic heterocycles. The summed E-state index contributed by atoms with van der Waals surface area (Å²) in [6.07, 6.45) is 0.859. The first-order chi connectivity index (χ1) is 8.88. The van der Waals surface area contributed by atoms with Crippen LogP contribution in [0, 0.1) is 5.41 Å². The molecule has 4 nitrogen and oxygen atoms in total. The molecule has 1 fully saturated rings. The van der Waals surface area contributed by atoms with Crippen molar-refractivity contribution in [3.63, 3.8) is 0 Å². The van der Waals surface area contributed by atoms with Gasteiger partial charge in [-0.15, -0.1) is 0 Å². The van der Waals surface area contributed by atoms with Gasteiger partial charge in [0.2, 0.25) is 5.91 Å². The van der Waals surface area contributed by atoms with Gasteiger partial charge in [-0.3, -0.25) is 9.59 Å². The summed E-state index contributed by atoms with van der Waals surface area (Å²) in [5.41, 5.74) is -0.253. The van der Waals surface area contributed by atoms with Crippen LogP contribution in [-0.2, 0) is 9.59 Å². The van der Waals surface area contributed by atoms with E-state index in [0.29, 0.717) is 17.9 Å². The number of rotatable bonds is 4. The molecule has 1 unspecified atom stereocenters. The van der Waals surface area contributed by atoms with Gasteiger partial charge in [-0.25, -0.2) is 0 Å². The van der Waals surface area contributed by atoms with Crippen molar-refractivity contribution in [2.24, 2.45) is 5.41 Å². The van der Waals surface area contributed by atoms with E-state index in [1.165, 1.54) is 4.90 Å². The molecule has 1 amide bonds. The van der Waals surface area contributed by atoms with Crippen LogP contribution in [0.5, 0.6) is 0 Å². The quantitative estimate of drug-likeness (QED) is 0.863. The number of nitrogens with zero attached hydrogens (tertiary/aromatic N) is 1. The third-order valence-corrected chi connectivity index (χ3v) is 4.07. The maximum atomic E-state index is 12.3. The molecule has 0 heterocycles. The Morgan fingerprint density at radius 2 is 1.84 bits per heavy atom. The van der Waals surface area contributed by atoms with Crippen LogP contribution in [0.4, 0.5) is 0 Å². The number of hydrogen-bond acceptors (Lipinski definition) is 2. The van der Waals surface area contributed by atoms with Gasteiger partial charge in [0.25, 0.3) is 0 Å². The lowest BCUT2D eigenvalue weighted by Crippen LogP contribution is -2.39. The van der Waals surface area contributed by atoms with Crippen LogP contribution >= 0.6 is 11.6 Å². The average molecular weight is 282 g/mol. The van der Waals surface area contributed by atoms with E-state index in [2.05, 4.69) is 0 Å². The highest BCUT2D eigenvalue weighted by Gasteiger charge is 2.58. The van der Waals surface area contributed by atoms with Crippen LogP contribution in [0.2, 0.25) is 5.02 Å². The molecule has 0 saturated heterocycles. The molecule has 102 valence electrons. The zero-order valence-corrected chi connectivity index (χ0v) is 11.6. The highest BCUT2D eigenvalue weighted by Crippen LogP contribution is 2.48. The predicted molar refractivity (Wildman–Crippen MR) is 71.9 cm³/mol. The zero-order valence-electron chi connectivity index (χ0n) is 10.9. The van der Waals surface area contributed by atoms with Crippen molar-refractivity contribution in [2.75, 3.05) is 7.05 Å². The molecule has 1 aromatic rings. The van der Waals surface area contributed by atoms with Gasteiger partial charge < -0.3 is 10.0 Å². The van der Waals surface area contributed by atoms with Gasteiger partial charge in [-0.05, 0) is 37.5 Å². The third kappa shape index (κ3) is 2.45. The Morgan fingerprint density at radius 1 is 1.32 bits per heavy atom. The maximum absolute atomic E-state index is 12.3. The lowest BCUT2D eigenvalue weighted by atomic mass is 10.0. The summed E-state index contributed by atoms with van der Waals surface area (Å²) in [5, 5.41) is 9.78. The van der Waals surface area contributed by atoms with Gasteiger partial charge in [-0.2, -0.15) is 0 Å². The average Bonchev–Trinajstić information content (AvgIpc) is 3.18. The fraction of sp³-hybridized carbons (Fsp3) is 0.429. The third-order valence-electron chi connectivity index (χ3n) is 3.82. The van der Waals surface area contributed by atoms with Gasteiger partial charge in [-0.1, -0.05) is 23.7 Å². The Labute approximate surface area is 117 Å². The summed E-state index contributed by atoms with van der Waals surface area (Å²) in [6.45, 7) is 1.87. The molecule has 1 aromatic carbocycles. The molecular weight excluding hydrogens is 266 g/mol. The first-order valence-electron chi connectivity index (χ1n) is 6.14. The van der Waals surface area contributed by atoms with E-state index in [1.807, 2.05) is 19.1 Å². The smallest absolute Gasteiger partial charge is 0.319 e. The standard InChI is InChI=1S/C14H16ClNO3/c1-9(10-3-5-11(15)6-4-10)16(2)12(17)14(7-8-14)13(18)19/h3-6,9H,7-8H2,1-2H3,(H,18,19). The summed E-state index contributed by atoms with van der Waals surface area (Å²) >= 11 is 5.82. The largest absolute Gasteiger partial charge is 0.480 e. The van der Waals surface area contributed by atoms with E-state index in [1.54, 1.807) is 19.2 Å². The maximum Gasteiger partial charge on any atom is 0.319 e. The number of halogens is 1. The number of carboxylic acids is 1. The fourth-order valence-corrected chi connectivity index (χ4v) is 2.25. The summed E-state index contributed by atoms with van der Waals surface area (Å²) in [6, 6.07) is 7.03. The van der Waals surface area contributed by atoms with Crippen molar-refractivity contribution >= 4 is 23.5 Å².